The van der Waals surface area contributed by atoms with Gasteiger partial charge in [0, 0.05) is 24.8 Å². The summed E-state index contributed by atoms with van der Waals surface area (Å²) >= 11 is 0. The Labute approximate surface area is 130 Å². The zero-order chi connectivity index (χ0) is 14.8. The summed E-state index contributed by atoms with van der Waals surface area (Å²) in [5.74, 6) is 0. The molecule has 0 bridgehead atoms. The lowest BCUT2D eigenvalue weighted by Gasteiger charge is -2.21. The van der Waals surface area contributed by atoms with Crippen molar-refractivity contribution in [3.05, 3.63) is 71.3 Å². The standard InChI is InChI=1S/C18H20N4/c1-2-6-18-16(5-1)11-15(13-21-9-3-7-19-21)12-17(18)14-22-10-4-8-20-22/h3-4,7-12H,1-2,5-6,13-14H2. The first-order chi connectivity index (χ1) is 10.9. The maximum atomic E-state index is 4.36. The normalized spacial score (nSPS) is 14.0. The number of hydrogen-bond acceptors (Lipinski definition) is 2. The van der Waals surface area contributed by atoms with Gasteiger partial charge in [0.1, 0.15) is 0 Å². The molecular weight excluding hydrogens is 272 g/mol. The van der Waals surface area contributed by atoms with Crippen LogP contribution in [0.5, 0.6) is 0 Å². The highest BCUT2D eigenvalue weighted by atomic mass is 15.3. The van der Waals surface area contributed by atoms with Crippen LogP contribution in [0.2, 0.25) is 0 Å². The lowest BCUT2D eigenvalue weighted by atomic mass is 9.86. The van der Waals surface area contributed by atoms with Crippen LogP contribution >= 0.6 is 0 Å². The molecule has 112 valence electrons. The minimum absolute atomic E-state index is 0.840. The first-order valence-corrected chi connectivity index (χ1v) is 7.97. The highest BCUT2D eigenvalue weighted by Crippen LogP contribution is 2.27. The van der Waals surface area contributed by atoms with Crippen LogP contribution in [0.15, 0.2) is 49.1 Å². The van der Waals surface area contributed by atoms with Gasteiger partial charge in [0.25, 0.3) is 0 Å². The average Bonchev–Trinajstić information content (AvgIpc) is 3.21. The third-order valence-electron chi connectivity index (χ3n) is 4.41. The quantitative estimate of drug-likeness (QED) is 0.741. The highest BCUT2D eigenvalue weighted by molar-refractivity contribution is 5.41. The van der Waals surface area contributed by atoms with E-state index < -0.39 is 0 Å². The van der Waals surface area contributed by atoms with Crippen LogP contribution in [0.1, 0.15) is 35.1 Å². The van der Waals surface area contributed by atoms with E-state index in [1.165, 1.54) is 42.4 Å². The summed E-state index contributed by atoms with van der Waals surface area (Å²) in [6.07, 6.45) is 12.8. The monoisotopic (exact) mass is 292 g/mol. The minimum atomic E-state index is 0.840. The third kappa shape index (κ3) is 2.69. The molecule has 0 spiro atoms. The summed E-state index contributed by atoms with van der Waals surface area (Å²) in [5, 5.41) is 8.69. The molecule has 1 aliphatic carbocycles. The number of nitrogens with zero attached hydrogens (tertiary/aromatic N) is 4. The van der Waals surface area contributed by atoms with Crippen LogP contribution in [0.4, 0.5) is 0 Å². The Hall–Kier alpha value is -2.36. The van der Waals surface area contributed by atoms with Crippen molar-refractivity contribution >= 4 is 0 Å². The van der Waals surface area contributed by atoms with E-state index in [9.17, 15) is 0 Å². The molecule has 1 aromatic carbocycles. The van der Waals surface area contributed by atoms with E-state index in [-0.39, 0.29) is 0 Å². The Morgan fingerprint density at radius 3 is 2.32 bits per heavy atom. The second kappa shape index (κ2) is 5.79. The predicted octanol–water partition coefficient (Wildman–Crippen LogP) is 3.06. The summed E-state index contributed by atoms with van der Waals surface area (Å²) < 4.78 is 4.00. The van der Waals surface area contributed by atoms with E-state index in [1.54, 1.807) is 5.56 Å². The van der Waals surface area contributed by atoms with Crippen molar-refractivity contribution in [2.75, 3.05) is 0 Å². The topological polar surface area (TPSA) is 35.6 Å². The van der Waals surface area contributed by atoms with E-state index in [4.69, 9.17) is 0 Å². The SMILES string of the molecule is c1cnn(Cc2cc3c(c(Cn4cccn4)c2)CCCC3)c1. The molecule has 22 heavy (non-hydrogen) atoms. The van der Waals surface area contributed by atoms with Gasteiger partial charge in [-0.25, -0.2) is 0 Å². The van der Waals surface area contributed by atoms with Gasteiger partial charge < -0.3 is 0 Å². The van der Waals surface area contributed by atoms with E-state index in [0.29, 0.717) is 0 Å². The zero-order valence-corrected chi connectivity index (χ0v) is 12.7. The third-order valence-corrected chi connectivity index (χ3v) is 4.41. The molecule has 0 N–H and O–H groups in total. The largest absolute Gasteiger partial charge is 0.268 e. The summed E-state index contributed by atoms with van der Waals surface area (Å²) in [6, 6.07) is 8.68. The Kier molecular flexibility index (Phi) is 3.51. The van der Waals surface area contributed by atoms with Gasteiger partial charge >= 0.3 is 0 Å². The number of rotatable bonds is 4. The molecule has 4 rings (SSSR count). The lowest BCUT2D eigenvalue weighted by molar-refractivity contribution is 0.639. The molecule has 0 atom stereocenters. The first kappa shape index (κ1) is 13.3. The molecule has 0 saturated heterocycles. The second-order valence-electron chi connectivity index (χ2n) is 6.01. The van der Waals surface area contributed by atoms with Crippen molar-refractivity contribution in [2.45, 2.75) is 38.8 Å². The maximum Gasteiger partial charge on any atom is 0.0662 e. The van der Waals surface area contributed by atoms with Crippen molar-refractivity contribution in [1.82, 2.24) is 19.6 Å². The Balaban J connectivity index is 1.70. The van der Waals surface area contributed by atoms with Gasteiger partial charge in [-0.1, -0.05) is 12.1 Å². The number of fused-ring (bicyclic) bond motifs is 1. The summed E-state index contributed by atoms with van der Waals surface area (Å²) in [7, 11) is 0. The second-order valence-corrected chi connectivity index (χ2v) is 6.01. The molecule has 0 saturated carbocycles. The van der Waals surface area contributed by atoms with Crippen LogP contribution in [0, 0.1) is 0 Å². The fourth-order valence-corrected chi connectivity index (χ4v) is 3.41. The van der Waals surface area contributed by atoms with Crippen molar-refractivity contribution in [3.8, 4) is 0 Å². The maximum absolute atomic E-state index is 4.36. The molecule has 4 nitrogen and oxygen atoms in total. The molecule has 0 amide bonds. The molecule has 0 unspecified atom stereocenters. The first-order valence-electron chi connectivity index (χ1n) is 7.97. The lowest BCUT2D eigenvalue weighted by Crippen LogP contribution is -2.12. The zero-order valence-electron chi connectivity index (χ0n) is 12.7. The van der Waals surface area contributed by atoms with Gasteiger partial charge in [-0.15, -0.1) is 0 Å². The molecule has 3 aromatic rings. The molecule has 2 heterocycles. The predicted molar refractivity (Wildman–Crippen MR) is 85.7 cm³/mol. The van der Waals surface area contributed by atoms with E-state index in [1.807, 2.05) is 46.3 Å². The van der Waals surface area contributed by atoms with Gasteiger partial charge in [0.05, 0.1) is 13.1 Å². The number of aromatic nitrogens is 4. The van der Waals surface area contributed by atoms with E-state index in [2.05, 4.69) is 22.3 Å². The average molecular weight is 292 g/mol. The molecule has 0 radical (unpaired) electrons. The highest BCUT2D eigenvalue weighted by Gasteiger charge is 2.15. The van der Waals surface area contributed by atoms with Crippen molar-refractivity contribution in [1.29, 1.82) is 0 Å². The smallest absolute Gasteiger partial charge is 0.0662 e. The summed E-state index contributed by atoms with van der Waals surface area (Å²) in [4.78, 5) is 0. The molecule has 4 heteroatoms. The Morgan fingerprint density at radius 1 is 0.864 bits per heavy atom. The number of benzene rings is 1. The van der Waals surface area contributed by atoms with Gasteiger partial charge in [-0.2, -0.15) is 10.2 Å². The fourth-order valence-electron chi connectivity index (χ4n) is 3.41. The van der Waals surface area contributed by atoms with Crippen molar-refractivity contribution in [3.63, 3.8) is 0 Å². The summed E-state index contributed by atoms with van der Waals surface area (Å²) in [6.45, 7) is 1.70. The summed E-state index contributed by atoms with van der Waals surface area (Å²) in [5.41, 5.74) is 5.83. The van der Waals surface area contributed by atoms with Crippen LogP contribution in [-0.4, -0.2) is 19.6 Å². The van der Waals surface area contributed by atoms with Crippen LogP contribution in [0.25, 0.3) is 0 Å². The van der Waals surface area contributed by atoms with Crippen LogP contribution in [0.3, 0.4) is 0 Å². The molecular formula is C18H20N4. The minimum Gasteiger partial charge on any atom is -0.268 e. The molecule has 2 aromatic heterocycles. The van der Waals surface area contributed by atoms with E-state index >= 15 is 0 Å². The molecule has 1 aliphatic rings. The molecule has 0 fully saturated rings. The Morgan fingerprint density at radius 2 is 1.59 bits per heavy atom. The fraction of sp³-hybridized carbons (Fsp3) is 0.333. The number of aryl methyl sites for hydroxylation is 1. The number of hydrogen-bond donors (Lipinski definition) is 0. The molecule has 0 aliphatic heterocycles. The van der Waals surface area contributed by atoms with Gasteiger partial charge in [-0.05, 0) is 60.1 Å². The van der Waals surface area contributed by atoms with Gasteiger partial charge in [-0.3, -0.25) is 9.36 Å². The Bertz CT molecular complexity index is 742. The van der Waals surface area contributed by atoms with Gasteiger partial charge in [0.2, 0.25) is 0 Å². The van der Waals surface area contributed by atoms with Crippen LogP contribution in [-0.2, 0) is 25.9 Å². The van der Waals surface area contributed by atoms with E-state index in [0.717, 1.165) is 13.1 Å². The van der Waals surface area contributed by atoms with Crippen LogP contribution < -0.4 is 0 Å². The van der Waals surface area contributed by atoms with Gasteiger partial charge in [0.15, 0.2) is 0 Å². The van der Waals surface area contributed by atoms with Crippen molar-refractivity contribution in [2.24, 2.45) is 0 Å². The van der Waals surface area contributed by atoms with Crippen molar-refractivity contribution < 1.29 is 0 Å².